The molecule has 0 radical (unpaired) electrons. The largest absolute Gasteiger partial charge is 0.385 e. The number of aromatic nitrogens is 1. The average molecular weight is 340 g/mol. The average Bonchev–Trinajstić information content (AvgIpc) is 2.63. The fraction of sp³-hybridized carbons (Fsp3) is 0.500. The Kier molecular flexibility index (Phi) is 5.87. The number of pyridine rings is 1. The fourth-order valence-electron chi connectivity index (χ4n) is 3.49. The summed E-state index contributed by atoms with van der Waals surface area (Å²) in [5.41, 5.74) is 2.59. The quantitative estimate of drug-likeness (QED) is 0.601. The van der Waals surface area contributed by atoms with Crippen molar-refractivity contribution in [1.82, 2.24) is 15.6 Å². The Morgan fingerprint density at radius 1 is 1.24 bits per heavy atom. The summed E-state index contributed by atoms with van der Waals surface area (Å²) in [4.78, 5) is 8.88. The van der Waals surface area contributed by atoms with Crippen molar-refractivity contribution in [3.8, 4) is 0 Å². The highest BCUT2D eigenvalue weighted by Gasteiger charge is 2.36. The minimum Gasteiger partial charge on any atom is -0.385 e. The number of nitrogens with one attached hydrogen (secondary N) is 2. The zero-order valence-corrected chi connectivity index (χ0v) is 15.2. The Balaban J connectivity index is 1.57. The number of fused-ring (bicyclic) bond motifs is 1. The number of rotatable bonds is 7. The second-order valence-corrected chi connectivity index (χ2v) is 6.87. The molecule has 0 atom stereocenters. The molecule has 0 amide bonds. The van der Waals surface area contributed by atoms with Crippen LogP contribution in [-0.2, 0) is 11.3 Å². The zero-order chi connectivity index (χ0) is 17.5. The summed E-state index contributed by atoms with van der Waals surface area (Å²) in [5.74, 6) is 0.844. The van der Waals surface area contributed by atoms with Crippen molar-refractivity contribution in [3.05, 3.63) is 42.1 Å². The van der Waals surface area contributed by atoms with Crippen LogP contribution in [0.5, 0.6) is 0 Å². The third-order valence-corrected chi connectivity index (χ3v) is 5.27. The van der Waals surface area contributed by atoms with Crippen molar-refractivity contribution in [2.45, 2.75) is 32.2 Å². The third kappa shape index (κ3) is 4.28. The number of para-hydroxylation sites is 1. The predicted octanol–water partition coefficient (Wildman–Crippen LogP) is 3.11. The van der Waals surface area contributed by atoms with Gasteiger partial charge in [-0.3, -0.25) is 9.98 Å². The van der Waals surface area contributed by atoms with Crippen LogP contribution in [0.2, 0.25) is 0 Å². The highest BCUT2D eigenvalue weighted by molar-refractivity contribution is 5.83. The molecule has 5 heteroatoms. The van der Waals surface area contributed by atoms with Gasteiger partial charge in [-0.2, -0.15) is 0 Å². The number of hydrogen-bond donors (Lipinski definition) is 2. The number of guanidine groups is 1. The highest BCUT2D eigenvalue weighted by Crippen LogP contribution is 2.43. The van der Waals surface area contributed by atoms with Gasteiger partial charge in [0.25, 0.3) is 0 Å². The van der Waals surface area contributed by atoms with E-state index in [4.69, 9.17) is 4.74 Å². The van der Waals surface area contributed by atoms with Crippen molar-refractivity contribution >= 4 is 16.9 Å². The molecule has 2 N–H and O–H groups in total. The van der Waals surface area contributed by atoms with Crippen LogP contribution in [-0.4, -0.2) is 38.3 Å². The molecular weight excluding hydrogens is 312 g/mol. The molecule has 1 saturated carbocycles. The standard InChI is InChI=1S/C20H28N4O/c1-21-19(24-15-20(9-5-10-20)11-13-25-2)23-14-17-7-3-6-16-8-4-12-22-18(16)17/h3-4,6-8,12H,5,9-11,13-15H2,1-2H3,(H2,21,23,24). The van der Waals surface area contributed by atoms with Gasteiger partial charge in [0.15, 0.2) is 5.96 Å². The summed E-state index contributed by atoms with van der Waals surface area (Å²) < 4.78 is 5.27. The van der Waals surface area contributed by atoms with E-state index in [2.05, 4.69) is 44.9 Å². The molecule has 1 aromatic heterocycles. The lowest BCUT2D eigenvalue weighted by Crippen LogP contribution is -2.46. The molecule has 25 heavy (non-hydrogen) atoms. The summed E-state index contributed by atoms with van der Waals surface area (Å²) in [5, 5.41) is 8.09. The number of ether oxygens (including phenoxy) is 1. The Labute approximate surface area is 149 Å². The maximum absolute atomic E-state index is 5.27. The van der Waals surface area contributed by atoms with Gasteiger partial charge in [0.2, 0.25) is 0 Å². The molecule has 3 rings (SSSR count). The minimum absolute atomic E-state index is 0.370. The maximum Gasteiger partial charge on any atom is 0.191 e. The Morgan fingerprint density at radius 3 is 2.80 bits per heavy atom. The van der Waals surface area contributed by atoms with Gasteiger partial charge in [0.05, 0.1) is 5.52 Å². The summed E-state index contributed by atoms with van der Waals surface area (Å²) in [6.45, 7) is 2.48. The van der Waals surface area contributed by atoms with Gasteiger partial charge >= 0.3 is 0 Å². The summed E-state index contributed by atoms with van der Waals surface area (Å²) in [6, 6.07) is 10.3. The van der Waals surface area contributed by atoms with E-state index >= 15 is 0 Å². The van der Waals surface area contributed by atoms with Gasteiger partial charge in [-0.1, -0.05) is 30.7 Å². The molecule has 1 aliphatic rings. The van der Waals surface area contributed by atoms with Crippen LogP contribution in [0.3, 0.4) is 0 Å². The Bertz CT molecular complexity index is 719. The van der Waals surface area contributed by atoms with Crippen LogP contribution >= 0.6 is 0 Å². The SMILES string of the molecule is CN=C(NCc1cccc2cccnc12)NCC1(CCOC)CCC1. The first-order valence-electron chi connectivity index (χ1n) is 9.02. The van der Waals surface area contributed by atoms with E-state index in [1.807, 2.05) is 19.3 Å². The fourth-order valence-corrected chi connectivity index (χ4v) is 3.49. The number of aliphatic imine (C=N–C) groups is 1. The van der Waals surface area contributed by atoms with Gasteiger partial charge in [0, 0.05) is 45.4 Å². The number of methoxy groups -OCH3 is 1. The molecule has 2 aromatic rings. The first-order valence-corrected chi connectivity index (χ1v) is 9.02. The first-order chi connectivity index (χ1) is 12.3. The van der Waals surface area contributed by atoms with Crippen LogP contribution in [0.1, 0.15) is 31.2 Å². The summed E-state index contributed by atoms with van der Waals surface area (Å²) in [6.07, 6.45) is 6.82. The smallest absolute Gasteiger partial charge is 0.191 e. The van der Waals surface area contributed by atoms with Crippen LogP contribution in [0.15, 0.2) is 41.5 Å². The van der Waals surface area contributed by atoms with Crippen LogP contribution in [0, 0.1) is 5.41 Å². The summed E-state index contributed by atoms with van der Waals surface area (Å²) >= 11 is 0. The summed E-state index contributed by atoms with van der Waals surface area (Å²) in [7, 11) is 3.60. The molecule has 0 saturated heterocycles. The van der Waals surface area contributed by atoms with Crippen LogP contribution in [0.25, 0.3) is 10.9 Å². The van der Waals surface area contributed by atoms with E-state index in [0.717, 1.165) is 36.4 Å². The molecular formula is C20H28N4O. The van der Waals surface area contributed by atoms with E-state index in [1.165, 1.54) is 24.8 Å². The van der Waals surface area contributed by atoms with Crippen LogP contribution in [0.4, 0.5) is 0 Å². The maximum atomic E-state index is 5.27. The molecule has 1 aliphatic carbocycles. The number of nitrogens with zero attached hydrogens (tertiary/aromatic N) is 2. The molecule has 134 valence electrons. The first kappa shape index (κ1) is 17.7. The van der Waals surface area contributed by atoms with Crippen molar-refractivity contribution in [2.24, 2.45) is 10.4 Å². The van der Waals surface area contributed by atoms with E-state index in [1.54, 1.807) is 7.11 Å². The lowest BCUT2D eigenvalue weighted by molar-refractivity contribution is 0.0732. The molecule has 1 heterocycles. The Morgan fingerprint density at radius 2 is 2.08 bits per heavy atom. The molecule has 1 fully saturated rings. The predicted molar refractivity (Wildman–Crippen MR) is 103 cm³/mol. The van der Waals surface area contributed by atoms with Crippen molar-refractivity contribution < 1.29 is 4.74 Å². The number of hydrogen-bond acceptors (Lipinski definition) is 3. The second kappa shape index (κ2) is 8.30. The second-order valence-electron chi connectivity index (χ2n) is 6.87. The normalized spacial score (nSPS) is 16.5. The zero-order valence-electron chi connectivity index (χ0n) is 15.2. The highest BCUT2D eigenvalue weighted by atomic mass is 16.5. The lowest BCUT2D eigenvalue weighted by Gasteiger charge is -2.42. The van der Waals surface area contributed by atoms with Gasteiger partial charge in [0.1, 0.15) is 0 Å². The molecule has 0 spiro atoms. The van der Waals surface area contributed by atoms with Gasteiger partial charge in [-0.25, -0.2) is 0 Å². The van der Waals surface area contributed by atoms with E-state index in [9.17, 15) is 0 Å². The topological polar surface area (TPSA) is 58.5 Å². The molecule has 5 nitrogen and oxygen atoms in total. The lowest BCUT2D eigenvalue weighted by atomic mass is 9.67. The van der Waals surface area contributed by atoms with E-state index < -0.39 is 0 Å². The molecule has 0 aliphatic heterocycles. The van der Waals surface area contributed by atoms with Crippen molar-refractivity contribution in [1.29, 1.82) is 0 Å². The van der Waals surface area contributed by atoms with E-state index in [-0.39, 0.29) is 0 Å². The minimum atomic E-state index is 0.370. The van der Waals surface area contributed by atoms with Gasteiger partial charge in [-0.05, 0) is 36.3 Å². The van der Waals surface area contributed by atoms with Crippen molar-refractivity contribution in [3.63, 3.8) is 0 Å². The van der Waals surface area contributed by atoms with Gasteiger partial charge < -0.3 is 15.4 Å². The molecule has 0 unspecified atom stereocenters. The number of benzene rings is 1. The van der Waals surface area contributed by atoms with Gasteiger partial charge in [-0.15, -0.1) is 0 Å². The Hall–Kier alpha value is -2.14. The van der Waals surface area contributed by atoms with Crippen LogP contribution < -0.4 is 10.6 Å². The molecule has 0 bridgehead atoms. The third-order valence-electron chi connectivity index (χ3n) is 5.27. The van der Waals surface area contributed by atoms with Crippen molar-refractivity contribution in [2.75, 3.05) is 27.3 Å². The van der Waals surface area contributed by atoms with E-state index in [0.29, 0.717) is 12.0 Å². The molecule has 1 aromatic carbocycles. The monoisotopic (exact) mass is 340 g/mol.